The van der Waals surface area contributed by atoms with Crippen LogP contribution in [0.1, 0.15) is 12.0 Å². The van der Waals surface area contributed by atoms with Crippen molar-refractivity contribution in [1.29, 1.82) is 0 Å². The summed E-state index contributed by atoms with van der Waals surface area (Å²) >= 11 is 9.16. The largest absolute Gasteiger partial charge is 0.341 e. The Balaban J connectivity index is 1.92. The highest BCUT2D eigenvalue weighted by molar-refractivity contribution is 9.10. The molecule has 0 radical (unpaired) electrons. The van der Waals surface area contributed by atoms with Gasteiger partial charge in [-0.2, -0.15) is 0 Å². The molecule has 0 bridgehead atoms. The van der Waals surface area contributed by atoms with Crippen LogP contribution in [0.5, 0.6) is 0 Å². The average molecular weight is 464 g/mol. The molecule has 0 spiro atoms. The van der Waals surface area contributed by atoms with Crippen LogP contribution >= 0.6 is 27.5 Å². The number of benzene rings is 2. The summed E-state index contributed by atoms with van der Waals surface area (Å²) < 4.78 is 41.2. The van der Waals surface area contributed by atoms with Crippen LogP contribution in [-0.4, -0.2) is 32.8 Å². The van der Waals surface area contributed by atoms with Gasteiger partial charge in [-0.3, -0.25) is 4.79 Å². The predicted octanol–water partition coefficient (Wildman–Crippen LogP) is 3.57. The zero-order chi connectivity index (χ0) is 19.3. The van der Waals surface area contributed by atoms with Crippen molar-refractivity contribution in [2.45, 2.75) is 17.9 Å². The maximum atomic E-state index is 13.8. The second kappa shape index (κ2) is 8.94. The highest BCUT2D eigenvalue weighted by atomic mass is 79.9. The van der Waals surface area contributed by atoms with Crippen LogP contribution in [0.2, 0.25) is 5.02 Å². The number of halogens is 3. The molecule has 5 nitrogen and oxygen atoms in total. The summed E-state index contributed by atoms with van der Waals surface area (Å²) in [7, 11) is -2.20. The van der Waals surface area contributed by atoms with Gasteiger partial charge in [-0.15, -0.1) is 0 Å². The van der Waals surface area contributed by atoms with Crippen molar-refractivity contribution in [2.24, 2.45) is 0 Å². The third-order valence-electron chi connectivity index (χ3n) is 3.62. The maximum absolute atomic E-state index is 13.8. The number of carbonyl (C=O) groups excluding carboxylic acids is 1. The van der Waals surface area contributed by atoms with Crippen molar-refractivity contribution in [3.05, 3.63) is 63.3 Å². The summed E-state index contributed by atoms with van der Waals surface area (Å²) in [6.45, 7) is -0.0637. The van der Waals surface area contributed by atoms with Gasteiger partial charge < -0.3 is 4.90 Å². The predicted molar refractivity (Wildman–Crippen MR) is 102 cm³/mol. The standard InChI is InChI=1S/C17H17BrClFN2O3S/c1-22(11-14-15(19)6-3-7-16(14)20)17(23)8-9-21-26(24,25)13-5-2-4-12(18)10-13/h2-7,10,21H,8-9,11H2,1H3. The number of nitrogens with zero attached hydrogens (tertiary/aromatic N) is 1. The van der Waals surface area contributed by atoms with E-state index in [1.165, 1.54) is 36.2 Å². The third-order valence-corrected chi connectivity index (χ3v) is 5.93. The van der Waals surface area contributed by atoms with Crippen molar-refractivity contribution in [2.75, 3.05) is 13.6 Å². The SMILES string of the molecule is CN(Cc1c(F)cccc1Cl)C(=O)CCNS(=O)(=O)c1cccc(Br)c1. The minimum atomic E-state index is -3.71. The van der Waals surface area contributed by atoms with Crippen LogP contribution in [-0.2, 0) is 21.4 Å². The Morgan fingerprint density at radius 2 is 1.96 bits per heavy atom. The summed E-state index contributed by atoms with van der Waals surface area (Å²) in [4.78, 5) is 13.6. The van der Waals surface area contributed by atoms with Crippen molar-refractivity contribution in [3.8, 4) is 0 Å². The zero-order valence-electron chi connectivity index (χ0n) is 13.9. The monoisotopic (exact) mass is 462 g/mol. The van der Waals surface area contributed by atoms with Crippen molar-refractivity contribution in [1.82, 2.24) is 9.62 Å². The van der Waals surface area contributed by atoms with E-state index >= 15 is 0 Å². The van der Waals surface area contributed by atoms with Gasteiger partial charge in [0.05, 0.1) is 4.90 Å². The molecule has 1 amide bonds. The number of carbonyl (C=O) groups is 1. The molecule has 26 heavy (non-hydrogen) atoms. The fourth-order valence-corrected chi connectivity index (χ4v) is 4.06. The van der Waals surface area contributed by atoms with E-state index in [4.69, 9.17) is 11.6 Å². The minimum Gasteiger partial charge on any atom is -0.341 e. The van der Waals surface area contributed by atoms with Crippen molar-refractivity contribution < 1.29 is 17.6 Å². The van der Waals surface area contributed by atoms with Gasteiger partial charge in [-0.1, -0.05) is 39.7 Å². The molecule has 1 N–H and O–H groups in total. The van der Waals surface area contributed by atoms with Gasteiger partial charge >= 0.3 is 0 Å². The van der Waals surface area contributed by atoms with Crippen LogP contribution in [0, 0.1) is 5.82 Å². The molecule has 0 fully saturated rings. The quantitative estimate of drug-likeness (QED) is 0.683. The van der Waals surface area contributed by atoms with E-state index in [1.54, 1.807) is 18.2 Å². The molecule has 0 aliphatic rings. The molecule has 0 aliphatic heterocycles. The van der Waals surface area contributed by atoms with Crippen molar-refractivity contribution in [3.63, 3.8) is 0 Å². The Hall–Kier alpha value is -1.48. The number of hydrogen-bond acceptors (Lipinski definition) is 3. The first-order valence-electron chi connectivity index (χ1n) is 7.63. The van der Waals surface area contributed by atoms with Crippen LogP contribution in [0.15, 0.2) is 51.8 Å². The Morgan fingerprint density at radius 3 is 2.62 bits per heavy atom. The second-order valence-electron chi connectivity index (χ2n) is 5.56. The Morgan fingerprint density at radius 1 is 1.27 bits per heavy atom. The molecule has 2 aromatic carbocycles. The van der Waals surface area contributed by atoms with Crippen LogP contribution in [0.25, 0.3) is 0 Å². The van der Waals surface area contributed by atoms with Crippen LogP contribution in [0.4, 0.5) is 4.39 Å². The van der Waals surface area contributed by atoms with E-state index in [-0.39, 0.29) is 40.9 Å². The Labute approximate surface area is 165 Å². The van der Waals surface area contributed by atoms with Gasteiger partial charge in [0.15, 0.2) is 0 Å². The molecule has 0 aliphatic carbocycles. The van der Waals surface area contributed by atoms with Gasteiger partial charge in [0.2, 0.25) is 15.9 Å². The first-order chi connectivity index (χ1) is 12.2. The fourth-order valence-electron chi connectivity index (χ4n) is 2.21. The lowest BCUT2D eigenvalue weighted by atomic mass is 10.2. The number of rotatable bonds is 7. The van der Waals surface area contributed by atoms with E-state index in [9.17, 15) is 17.6 Å². The minimum absolute atomic E-state index is 0.00270. The van der Waals surface area contributed by atoms with E-state index in [0.717, 1.165) is 0 Å². The Bertz CT molecular complexity index is 888. The molecule has 0 atom stereocenters. The smallest absolute Gasteiger partial charge is 0.240 e. The first-order valence-corrected chi connectivity index (χ1v) is 10.3. The molecule has 9 heteroatoms. The number of amides is 1. The van der Waals surface area contributed by atoms with Gasteiger partial charge in [-0.05, 0) is 30.3 Å². The molecule has 0 saturated carbocycles. The molecular weight excluding hydrogens is 447 g/mol. The molecule has 0 aromatic heterocycles. The topological polar surface area (TPSA) is 66.5 Å². The average Bonchev–Trinajstić information content (AvgIpc) is 2.58. The fraction of sp³-hybridized carbons (Fsp3) is 0.235. The van der Waals surface area contributed by atoms with E-state index < -0.39 is 15.8 Å². The highest BCUT2D eigenvalue weighted by Crippen LogP contribution is 2.20. The highest BCUT2D eigenvalue weighted by Gasteiger charge is 2.17. The van der Waals surface area contributed by atoms with Crippen molar-refractivity contribution >= 4 is 43.5 Å². The zero-order valence-corrected chi connectivity index (χ0v) is 17.0. The van der Waals surface area contributed by atoms with E-state index in [2.05, 4.69) is 20.7 Å². The Kier molecular flexibility index (Phi) is 7.16. The van der Waals surface area contributed by atoms with Gasteiger partial charge in [0.1, 0.15) is 5.82 Å². The third kappa shape index (κ3) is 5.51. The van der Waals surface area contributed by atoms with Crippen LogP contribution in [0.3, 0.4) is 0 Å². The summed E-state index contributed by atoms with van der Waals surface area (Å²) in [5, 5.41) is 0.236. The molecule has 0 saturated heterocycles. The normalized spacial score (nSPS) is 11.4. The first kappa shape index (κ1) is 20.8. The summed E-state index contributed by atoms with van der Waals surface area (Å²) in [6, 6.07) is 10.6. The lowest BCUT2D eigenvalue weighted by Crippen LogP contribution is -2.32. The van der Waals surface area contributed by atoms with Gasteiger partial charge in [0.25, 0.3) is 0 Å². The molecular formula is C17H17BrClFN2O3S. The summed E-state index contributed by atoms with van der Waals surface area (Å²) in [6.07, 6.45) is -0.0597. The summed E-state index contributed by atoms with van der Waals surface area (Å²) in [5.41, 5.74) is 0.222. The van der Waals surface area contributed by atoms with Gasteiger partial charge in [0, 0.05) is 41.6 Å². The lowest BCUT2D eigenvalue weighted by molar-refractivity contribution is -0.130. The maximum Gasteiger partial charge on any atom is 0.240 e. The molecule has 140 valence electrons. The molecule has 2 aromatic rings. The number of nitrogens with one attached hydrogen (secondary N) is 1. The van der Waals surface area contributed by atoms with E-state index in [1.807, 2.05) is 0 Å². The molecule has 0 heterocycles. The van der Waals surface area contributed by atoms with Crippen LogP contribution < -0.4 is 4.72 Å². The van der Waals surface area contributed by atoms with E-state index in [0.29, 0.717) is 4.47 Å². The van der Waals surface area contributed by atoms with Gasteiger partial charge in [-0.25, -0.2) is 17.5 Å². The number of sulfonamides is 1. The molecule has 0 unspecified atom stereocenters. The second-order valence-corrected chi connectivity index (χ2v) is 8.64. The molecule has 2 rings (SSSR count). The lowest BCUT2D eigenvalue weighted by Gasteiger charge is -2.18. The summed E-state index contributed by atoms with van der Waals surface area (Å²) in [5.74, 6) is -0.825. The number of hydrogen-bond donors (Lipinski definition) is 1.